The molecule has 1 aromatic carbocycles. The molecule has 108 valence electrons. The molecular weight excluding hydrogens is 347 g/mol. The summed E-state index contributed by atoms with van der Waals surface area (Å²) in [5.41, 5.74) is 0. The van der Waals surface area contributed by atoms with Crippen LogP contribution in [0, 0.1) is 23.4 Å². The van der Waals surface area contributed by atoms with E-state index in [9.17, 15) is 21.6 Å². The summed E-state index contributed by atoms with van der Waals surface area (Å²) < 4.78 is 65.7. The lowest BCUT2D eigenvalue weighted by Crippen LogP contribution is -2.40. The van der Waals surface area contributed by atoms with Gasteiger partial charge in [-0.05, 0) is 5.92 Å². The maximum Gasteiger partial charge on any atom is 0.246 e. The molecule has 19 heavy (non-hydrogen) atoms. The normalized spacial score (nSPS) is 13.8. The van der Waals surface area contributed by atoms with Crippen molar-refractivity contribution in [2.24, 2.45) is 5.92 Å². The zero-order valence-corrected chi connectivity index (χ0v) is 12.7. The molecule has 1 N–H and O–H groups in total. The summed E-state index contributed by atoms with van der Waals surface area (Å²) in [5, 5.41) is 0.286. The van der Waals surface area contributed by atoms with Crippen molar-refractivity contribution in [3.8, 4) is 0 Å². The van der Waals surface area contributed by atoms with Gasteiger partial charge in [-0.3, -0.25) is 0 Å². The number of rotatable bonds is 5. The van der Waals surface area contributed by atoms with Gasteiger partial charge in [-0.1, -0.05) is 29.8 Å². The Morgan fingerprint density at radius 2 is 1.68 bits per heavy atom. The van der Waals surface area contributed by atoms with Gasteiger partial charge < -0.3 is 0 Å². The summed E-state index contributed by atoms with van der Waals surface area (Å²) in [4.78, 5) is -1.17. The van der Waals surface area contributed by atoms with E-state index in [2.05, 4.69) is 20.7 Å². The number of sulfonamides is 1. The molecule has 0 spiro atoms. The predicted octanol–water partition coefficient (Wildman–Crippen LogP) is 2.80. The van der Waals surface area contributed by atoms with Crippen LogP contribution >= 0.6 is 15.9 Å². The molecule has 0 aliphatic rings. The predicted molar refractivity (Wildman–Crippen MR) is 69.1 cm³/mol. The minimum absolute atomic E-state index is 0.0827. The summed E-state index contributed by atoms with van der Waals surface area (Å²) >= 11 is 3.12. The number of nitrogens with one attached hydrogen (secondary N) is 1. The highest BCUT2D eigenvalue weighted by atomic mass is 79.9. The third-order valence-electron chi connectivity index (χ3n) is 2.51. The van der Waals surface area contributed by atoms with Crippen LogP contribution in [0.5, 0.6) is 0 Å². The van der Waals surface area contributed by atoms with Crippen molar-refractivity contribution >= 4 is 26.0 Å². The van der Waals surface area contributed by atoms with Gasteiger partial charge in [0.25, 0.3) is 0 Å². The van der Waals surface area contributed by atoms with Crippen molar-refractivity contribution in [3.05, 3.63) is 29.6 Å². The molecule has 0 aliphatic heterocycles. The molecule has 0 saturated heterocycles. The third kappa shape index (κ3) is 3.93. The number of hydrogen-bond acceptors (Lipinski definition) is 2. The Hall–Kier alpha value is -0.600. The first kappa shape index (κ1) is 16.5. The van der Waals surface area contributed by atoms with Crippen LogP contribution in [-0.4, -0.2) is 19.8 Å². The molecule has 0 bridgehead atoms. The van der Waals surface area contributed by atoms with E-state index in [1.165, 1.54) is 0 Å². The average molecular weight is 360 g/mol. The Bertz CT molecular complexity index is 540. The van der Waals surface area contributed by atoms with E-state index in [4.69, 9.17) is 0 Å². The second-order valence-electron chi connectivity index (χ2n) is 4.32. The monoisotopic (exact) mass is 359 g/mol. The van der Waals surface area contributed by atoms with Crippen molar-refractivity contribution < 1.29 is 21.6 Å². The molecule has 8 heteroatoms. The van der Waals surface area contributed by atoms with Gasteiger partial charge in [0, 0.05) is 23.5 Å². The van der Waals surface area contributed by atoms with Crippen LogP contribution in [0.15, 0.2) is 17.0 Å². The molecule has 1 aromatic rings. The Kier molecular flexibility index (Phi) is 5.40. The van der Waals surface area contributed by atoms with Crippen LogP contribution in [0.2, 0.25) is 0 Å². The molecule has 0 saturated carbocycles. The minimum Gasteiger partial charge on any atom is -0.207 e. The first-order chi connectivity index (χ1) is 8.69. The van der Waals surface area contributed by atoms with Gasteiger partial charge in [-0.15, -0.1) is 0 Å². The van der Waals surface area contributed by atoms with E-state index < -0.39 is 38.4 Å². The van der Waals surface area contributed by atoms with E-state index in [0.717, 1.165) is 0 Å². The third-order valence-corrected chi connectivity index (χ3v) is 4.75. The van der Waals surface area contributed by atoms with Gasteiger partial charge >= 0.3 is 0 Å². The Morgan fingerprint density at radius 1 is 1.21 bits per heavy atom. The van der Waals surface area contributed by atoms with Crippen LogP contribution in [0.3, 0.4) is 0 Å². The van der Waals surface area contributed by atoms with Gasteiger partial charge in [-0.2, -0.15) is 0 Å². The molecule has 1 unspecified atom stereocenters. The lowest BCUT2D eigenvalue weighted by molar-refractivity contribution is 0.466. The standard InChI is InChI=1S/C11H13BrF3NO2S/c1-6(2)10(5-12)16-19(17,18)11-8(14)3-7(13)4-9(11)15/h3-4,6,10,16H,5H2,1-2H3. The van der Waals surface area contributed by atoms with E-state index in [1.807, 2.05) is 0 Å². The molecule has 3 nitrogen and oxygen atoms in total. The van der Waals surface area contributed by atoms with E-state index in [0.29, 0.717) is 12.1 Å². The summed E-state index contributed by atoms with van der Waals surface area (Å²) in [7, 11) is -4.39. The quantitative estimate of drug-likeness (QED) is 0.821. The van der Waals surface area contributed by atoms with Gasteiger partial charge in [0.05, 0.1) is 0 Å². The zero-order valence-electron chi connectivity index (χ0n) is 10.3. The van der Waals surface area contributed by atoms with Gasteiger partial charge in [0.1, 0.15) is 17.5 Å². The first-order valence-electron chi connectivity index (χ1n) is 5.42. The molecule has 0 aliphatic carbocycles. The summed E-state index contributed by atoms with van der Waals surface area (Å²) in [5.74, 6) is -4.17. The maximum atomic E-state index is 13.5. The number of hydrogen-bond donors (Lipinski definition) is 1. The van der Waals surface area contributed by atoms with E-state index in [1.54, 1.807) is 13.8 Å². The topological polar surface area (TPSA) is 46.2 Å². The highest BCUT2D eigenvalue weighted by Crippen LogP contribution is 2.21. The van der Waals surface area contributed by atoms with Crippen LogP contribution < -0.4 is 4.72 Å². The molecule has 1 rings (SSSR count). The molecule has 0 fully saturated rings. The Labute approximate surface area is 118 Å². The number of benzene rings is 1. The van der Waals surface area contributed by atoms with Crippen LogP contribution in [0.4, 0.5) is 13.2 Å². The smallest absolute Gasteiger partial charge is 0.207 e. The summed E-state index contributed by atoms with van der Waals surface area (Å²) in [6.07, 6.45) is 0. The van der Waals surface area contributed by atoms with Gasteiger partial charge in [0.2, 0.25) is 10.0 Å². The summed E-state index contributed by atoms with van der Waals surface area (Å²) in [6.45, 7) is 3.51. The lowest BCUT2D eigenvalue weighted by Gasteiger charge is -2.20. The largest absolute Gasteiger partial charge is 0.246 e. The van der Waals surface area contributed by atoms with Gasteiger partial charge in [0.15, 0.2) is 4.90 Å². The molecule has 0 radical (unpaired) electrons. The fourth-order valence-corrected chi connectivity index (χ4v) is 4.02. The molecule has 0 aromatic heterocycles. The molecular formula is C11H13BrF3NO2S. The fourth-order valence-electron chi connectivity index (χ4n) is 1.39. The second-order valence-corrected chi connectivity index (χ2v) is 6.62. The molecule has 0 heterocycles. The first-order valence-corrected chi connectivity index (χ1v) is 8.02. The van der Waals surface area contributed by atoms with E-state index in [-0.39, 0.29) is 11.2 Å². The molecule has 0 amide bonds. The highest BCUT2D eigenvalue weighted by molar-refractivity contribution is 9.09. The fraction of sp³-hybridized carbons (Fsp3) is 0.455. The van der Waals surface area contributed by atoms with Crippen molar-refractivity contribution in [1.29, 1.82) is 0 Å². The zero-order chi connectivity index (χ0) is 14.8. The number of halogens is 4. The lowest BCUT2D eigenvalue weighted by atomic mass is 10.1. The Balaban J connectivity index is 3.21. The minimum atomic E-state index is -4.39. The second kappa shape index (κ2) is 6.23. The Morgan fingerprint density at radius 3 is 2.05 bits per heavy atom. The maximum absolute atomic E-state index is 13.5. The highest BCUT2D eigenvalue weighted by Gasteiger charge is 2.28. The number of alkyl halides is 1. The van der Waals surface area contributed by atoms with E-state index >= 15 is 0 Å². The van der Waals surface area contributed by atoms with Crippen molar-refractivity contribution in [1.82, 2.24) is 4.72 Å². The van der Waals surface area contributed by atoms with Crippen LogP contribution in [-0.2, 0) is 10.0 Å². The van der Waals surface area contributed by atoms with Crippen LogP contribution in [0.25, 0.3) is 0 Å². The van der Waals surface area contributed by atoms with Crippen molar-refractivity contribution in [3.63, 3.8) is 0 Å². The average Bonchev–Trinajstić information content (AvgIpc) is 2.23. The van der Waals surface area contributed by atoms with Gasteiger partial charge in [-0.25, -0.2) is 26.3 Å². The van der Waals surface area contributed by atoms with Crippen molar-refractivity contribution in [2.75, 3.05) is 5.33 Å². The SMILES string of the molecule is CC(C)C(CBr)NS(=O)(=O)c1c(F)cc(F)cc1F. The summed E-state index contributed by atoms with van der Waals surface area (Å²) in [6, 6.07) is 0.126. The van der Waals surface area contributed by atoms with Crippen molar-refractivity contribution in [2.45, 2.75) is 24.8 Å². The van der Waals surface area contributed by atoms with Crippen LogP contribution in [0.1, 0.15) is 13.8 Å². The molecule has 1 atom stereocenters.